The molecule has 1 aromatic heterocycles. The van der Waals surface area contributed by atoms with Crippen LogP contribution in [-0.2, 0) is 9.53 Å². The van der Waals surface area contributed by atoms with Crippen molar-refractivity contribution in [1.82, 2.24) is 15.2 Å². The number of carbonyl (C=O) groups is 2. The zero-order chi connectivity index (χ0) is 20.7. The summed E-state index contributed by atoms with van der Waals surface area (Å²) in [6.07, 6.45) is 2.67. The highest BCUT2D eigenvalue weighted by atomic mass is 79.9. The Balaban J connectivity index is 1.84. The summed E-state index contributed by atoms with van der Waals surface area (Å²) < 4.78 is 6.19. The largest absolute Gasteiger partial charge is 0.444 e. The summed E-state index contributed by atoms with van der Waals surface area (Å²) in [5.41, 5.74) is 0.0244. The van der Waals surface area contributed by atoms with Crippen molar-refractivity contribution in [2.45, 2.75) is 51.3 Å². The number of hydrogen-bond acceptors (Lipinski definition) is 5. The van der Waals surface area contributed by atoms with E-state index in [1.807, 2.05) is 33.9 Å². The number of anilines is 1. The molecule has 0 radical (unpaired) electrons. The van der Waals surface area contributed by atoms with Gasteiger partial charge in [-0.05, 0) is 68.7 Å². The van der Waals surface area contributed by atoms with E-state index in [0.717, 1.165) is 13.0 Å². The average Bonchev–Trinajstić information content (AvgIpc) is 3.17. The standard InChI is InChI=1S/C20H27BrN4O3/c1-6-12-7-8-15(21)23-16(12)24-17(26)13-9-20(11-22-5)10-14(20)25(13)18(27)28-19(2,3)4/h6-8,13-14,22H,1,9-11H2,2-5H3,(H,23,24,26)/t13-,14+,20-/m0/s1. The minimum atomic E-state index is -0.622. The molecule has 2 fully saturated rings. The Hall–Kier alpha value is -1.93. The van der Waals surface area contributed by atoms with Gasteiger partial charge in [-0.2, -0.15) is 0 Å². The minimum absolute atomic E-state index is 0.0138. The van der Waals surface area contributed by atoms with Gasteiger partial charge in [-0.25, -0.2) is 9.78 Å². The number of piperidine rings is 1. The molecule has 0 aromatic carbocycles. The summed E-state index contributed by atoms with van der Waals surface area (Å²) in [6.45, 7) is 10.00. The van der Waals surface area contributed by atoms with Crippen LogP contribution in [-0.4, -0.2) is 53.2 Å². The maximum absolute atomic E-state index is 13.1. The maximum Gasteiger partial charge on any atom is 0.411 e. The molecule has 8 heteroatoms. The lowest BCUT2D eigenvalue weighted by molar-refractivity contribution is -0.121. The van der Waals surface area contributed by atoms with Crippen molar-refractivity contribution in [3.8, 4) is 0 Å². The summed E-state index contributed by atoms with van der Waals surface area (Å²) in [6, 6.07) is 3.02. The van der Waals surface area contributed by atoms with Crippen molar-refractivity contribution in [3.05, 3.63) is 28.9 Å². The molecular weight excluding hydrogens is 424 g/mol. The number of fused-ring (bicyclic) bond motifs is 1. The van der Waals surface area contributed by atoms with Gasteiger partial charge < -0.3 is 15.4 Å². The molecule has 1 saturated carbocycles. The highest BCUT2D eigenvalue weighted by molar-refractivity contribution is 9.10. The Labute approximate surface area is 174 Å². The molecule has 28 heavy (non-hydrogen) atoms. The quantitative estimate of drug-likeness (QED) is 0.671. The SMILES string of the molecule is C=Cc1ccc(Br)nc1NC(=O)[C@@H]1C[C@@]2(CNC)C[C@H]2N1C(=O)OC(C)(C)C. The average molecular weight is 451 g/mol. The van der Waals surface area contributed by atoms with Crippen LogP contribution in [0.3, 0.4) is 0 Å². The molecule has 0 unspecified atom stereocenters. The normalized spacial score (nSPS) is 25.8. The number of nitrogens with zero attached hydrogens (tertiary/aromatic N) is 2. The van der Waals surface area contributed by atoms with Crippen LogP contribution in [0.1, 0.15) is 39.2 Å². The number of nitrogens with one attached hydrogen (secondary N) is 2. The molecule has 2 N–H and O–H groups in total. The van der Waals surface area contributed by atoms with Crippen molar-refractivity contribution in [3.63, 3.8) is 0 Å². The van der Waals surface area contributed by atoms with Gasteiger partial charge >= 0.3 is 6.09 Å². The fourth-order valence-corrected chi connectivity index (χ4v) is 4.26. The highest BCUT2D eigenvalue weighted by Gasteiger charge is 2.67. The second-order valence-electron chi connectivity index (χ2n) is 8.49. The molecule has 3 rings (SSSR count). The third-order valence-electron chi connectivity index (χ3n) is 5.21. The molecule has 2 aliphatic rings. The maximum atomic E-state index is 13.1. The molecule has 1 aliphatic carbocycles. The second kappa shape index (κ2) is 7.48. The molecule has 152 valence electrons. The summed E-state index contributed by atoms with van der Waals surface area (Å²) in [5.74, 6) is 0.156. The van der Waals surface area contributed by atoms with Gasteiger partial charge in [0.2, 0.25) is 5.91 Å². The number of halogens is 1. The summed E-state index contributed by atoms with van der Waals surface area (Å²) >= 11 is 3.32. The van der Waals surface area contributed by atoms with Crippen LogP contribution in [0.4, 0.5) is 10.6 Å². The smallest absolute Gasteiger partial charge is 0.411 e. The molecule has 1 saturated heterocycles. The summed E-state index contributed by atoms with van der Waals surface area (Å²) in [7, 11) is 1.89. The van der Waals surface area contributed by atoms with E-state index in [1.54, 1.807) is 17.0 Å². The highest BCUT2D eigenvalue weighted by Crippen LogP contribution is 2.59. The molecule has 0 bridgehead atoms. The van der Waals surface area contributed by atoms with Crippen molar-refractivity contribution >= 4 is 39.8 Å². The first-order valence-electron chi connectivity index (χ1n) is 9.36. The van der Waals surface area contributed by atoms with Crippen LogP contribution >= 0.6 is 15.9 Å². The fraction of sp³-hybridized carbons (Fsp3) is 0.550. The lowest BCUT2D eigenvalue weighted by atomic mass is 9.99. The van der Waals surface area contributed by atoms with Gasteiger partial charge in [0, 0.05) is 23.6 Å². The number of aromatic nitrogens is 1. The molecule has 7 nitrogen and oxygen atoms in total. The Morgan fingerprint density at radius 3 is 2.75 bits per heavy atom. The van der Waals surface area contributed by atoms with Crippen molar-refractivity contribution < 1.29 is 14.3 Å². The van der Waals surface area contributed by atoms with Gasteiger partial charge in [-0.15, -0.1) is 0 Å². The first kappa shape index (κ1) is 20.8. The summed E-state index contributed by atoms with van der Waals surface area (Å²) in [4.78, 5) is 31.9. The first-order chi connectivity index (χ1) is 13.1. The topological polar surface area (TPSA) is 83.6 Å². The van der Waals surface area contributed by atoms with Gasteiger partial charge in [-0.3, -0.25) is 9.69 Å². The van der Waals surface area contributed by atoms with Crippen LogP contribution in [0.15, 0.2) is 23.3 Å². The summed E-state index contributed by atoms with van der Waals surface area (Å²) in [5, 5.41) is 6.06. The number of amides is 2. The molecule has 0 spiro atoms. The first-order valence-corrected chi connectivity index (χ1v) is 10.2. The third-order valence-corrected chi connectivity index (χ3v) is 5.65. The monoisotopic (exact) mass is 450 g/mol. The predicted octanol–water partition coefficient (Wildman–Crippen LogP) is 3.41. The number of likely N-dealkylation sites (tertiary alicyclic amines) is 1. The van der Waals surface area contributed by atoms with E-state index in [2.05, 4.69) is 38.1 Å². The number of ether oxygens (including phenoxy) is 1. The number of pyridine rings is 1. The molecular formula is C20H27BrN4O3. The zero-order valence-electron chi connectivity index (χ0n) is 16.7. The van der Waals surface area contributed by atoms with Crippen molar-refractivity contribution in [2.75, 3.05) is 18.9 Å². The van der Waals surface area contributed by atoms with E-state index >= 15 is 0 Å². The van der Waals surface area contributed by atoms with Gasteiger partial charge in [0.25, 0.3) is 0 Å². The molecule has 1 aliphatic heterocycles. The Morgan fingerprint density at radius 2 is 2.14 bits per heavy atom. The van der Waals surface area contributed by atoms with E-state index in [-0.39, 0.29) is 17.4 Å². The van der Waals surface area contributed by atoms with Crippen LogP contribution < -0.4 is 10.6 Å². The van der Waals surface area contributed by atoms with E-state index in [1.165, 1.54) is 0 Å². The lowest BCUT2D eigenvalue weighted by Gasteiger charge is -2.29. The van der Waals surface area contributed by atoms with Crippen LogP contribution in [0.2, 0.25) is 0 Å². The minimum Gasteiger partial charge on any atom is -0.444 e. The van der Waals surface area contributed by atoms with Crippen LogP contribution in [0.5, 0.6) is 0 Å². The Bertz CT molecular complexity index is 807. The van der Waals surface area contributed by atoms with Gasteiger partial charge in [0.05, 0.1) is 0 Å². The van der Waals surface area contributed by atoms with Crippen molar-refractivity contribution in [2.24, 2.45) is 5.41 Å². The predicted molar refractivity (Wildman–Crippen MR) is 112 cm³/mol. The Morgan fingerprint density at radius 1 is 1.43 bits per heavy atom. The van der Waals surface area contributed by atoms with Crippen LogP contribution in [0.25, 0.3) is 6.08 Å². The number of carbonyl (C=O) groups excluding carboxylic acids is 2. The Kier molecular flexibility index (Phi) is 5.55. The fourth-order valence-electron chi connectivity index (χ4n) is 3.95. The molecule has 1 aromatic rings. The molecule has 2 heterocycles. The zero-order valence-corrected chi connectivity index (χ0v) is 18.3. The van der Waals surface area contributed by atoms with E-state index in [9.17, 15) is 9.59 Å². The number of rotatable bonds is 5. The third kappa shape index (κ3) is 4.07. The molecule has 2 amide bonds. The number of hydrogen-bond donors (Lipinski definition) is 2. The van der Waals surface area contributed by atoms with E-state index < -0.39 is 17.7 Å². The van der Waals surface area contributed by atoms with E-state index in [0.29, 0.717) is 22.4 Å². The molecule has 3 atom stereocenters. The van der Waals surface area contributed by atoms with Gasteiger partial charge in [-0.1, -0.05) is 12.7 Å². The van der Waals surface area contributed by atoms with Crippen molar-refractivity contribution in [1.29, 1.82) is 0 Å². The van der Waals surface area contributed by atoms with Gasteiger partial charge in [0.15, 0.2) is 0 Å². The second-order valence-corrected chi connectivity index (χ2v) is 9.30. The van der Waals surface area contributed by atoms with E-state index in [4.69, 9.17) is 4.74 Å². The van der Waals surface area contributed by atoms with Gasteiger partial charge in [0.1, 0.15) is 22.1 Å². The lowest BCUT2D eigenvalue weighted by Crippen LogP contribution is -2.47. The van der Waals surface area contributed by atoms with Crippen LogP contribution in [0, 0.1) is 5.41 Å².